The molecular formula is C20H28N2. The first-order chi connectivity index (χ1) is 10.7. The Kier molecular flexibility index (Phi) is 6.63. The second-order valence-electron chi connectivity index (χ2n) is 6.27. The molecule has 2 heteroatoms. The van der Waals surface area contributed by atoms with Crippen LogP contribution in [-0.2, 0) is 12.8 Å². The maximum absolute atomic E-state index is 5.66. The first-order valence-corrected chi connectivity index (χ1v) is 8.31. The minimum atomic E-state index is -0.321. The molecule has 2 aromatic rings. The molecule has 0 aliphatic heterocycles. The predicted molar refractivity (Wildman–Crippen MR) is 94.5 cm³/mol. The van der Waals surface area contributed by atoms with Crippen molar-refractivity contribution in [2.75, 3.05) is 0 Å². The van der Waals surface area contributed by atoms with Crippen molar-refractivity contribution in [3.05, 3.63) is 71.8 Å². The Labute approximate surface area is 134 Å². The molecule has 1 fully saturated rings. The summed E-state index contributed by atoms with van der Waals surface area (Å²) in [6, 6.07) is 21.2. The molecule has 2 aromatic carbocycles. The fourth-order valence-electron chi connectivity index (χ4n) is 2.79. The van der Waals surface area contributed by atoms with E-state index in [1.165, 1.54) is 30.4 Å². The van der Waals surface area contributed by atoms with E-state index in [0.29, 0.717) is 0 Å². The molecule has 22 heavy (non-hydrogen) atoms. The second-order valence-corrected chi connectivity index (χ2v) is 6.27. The zero-order valence-electron chi connectivity index (χ0n) is 13.4. The van der Waals surface area contributed by atoms with Gasteiger partial charge in [0.25, 0.3) is 0 Å². The van der Waals surface area contributed by atoms with Gasteiger partial charge in [-0.15, -0.1) is 0 Å². The van der Waals surface area contributed by atoms with E-state index in [2.05, 4.69) is 60.7 Å². The highest BCUT2D eigenvalue weighted by Gasteiger charge is 2.21. The standard InChI is InChI=1S/C14H14.C6H14N2/c1-3-7-13(8-4-1)11-12-14-9-5-2-6-10-14;7-6(8)4-2-1-3-5-6/h1-10H,11-12H2;1-5,7-8H2. The van der Waals surface area contributed by atoms with Crippen molar-refractivity contribution in [1.29, 1.82) is 0 Å². The van der Waals surface area contributed by atoms with Gasteiger partial charge in [0.2, 0.25) is 0 Å². The third-order valence-electron chi connectivity index (χ3n) is 4.17. The largest absolute Gasteiger partial charge is 0.313 e. The molecule has 1 aliphatic rings. The highest BCUT2D eigenvalue weighted by molar-refractivity contribution is 5.19. The molecule has 0 spiro atoms. The molecule has 0 saturated heterocycles. The van der Waals surface area contributed by atoms with E-state index in [-0.39, 0.29) is 5.66 Å². The van der Waals surface area contributed by atoms with Gasteiger partial charge >= 0.3 is 0 Å². The van der Waals surface area contributed by atoms with Gasteiger partial charge in [-0.3, -0.25) is 0 Å². The monoisotopic (exact) mass is 296 g/mol. The molecule has 0 atom stereocenters. The fraction of sp³-hybridized carbons (Fsp3) is 0.400. The summed E-state index contributed by atoms with van der Waals surface area (Å²) < 4.78 is 0. The van der Waals surface area contributed by atoms with Crippen molar-refractivity contribution < 1.29 is 0 Å². The van der Waals surface area contributed by atoms with Gasteiger partial charge in [0, 0.05) is 0 Å². The molecule has 4 N–H and O–H groups in total. The predicted octanol–water partition coefficient (Wildman–Crippen LogP) is 4.04. The lowest BCUT2D eigenvalue weighted by atomic mass is 9.91. The van der Waals surface area contributed by atoms with Crippen LogP contribution in [0.2, 0.25) is 0 Å². The molecule has 0 unspecified atom stereocenters. The van der Waals surface area contributed by atoms with Gasteiger partial charge < -0.3 is 11.5 Å². The minimum Gasteiger partial charge on any atom is -0.313 e. The Morgan fingerprint density at radius 2 is 1.05 bits per heavy atom. The molecule has 0 aromatic heterocycles. The first kappa shape index (κ1) is 16.7. The molecule has 0 bridgehead atoms. The van der Waals surface area contributed by atoms with Gasteiger partial charge in [-0.05, 0) is 36.8 Å². The third kappa shape index (κ3) is 6.42. The van der Waals surface area contributed by atoms with E-state index in [0.717, 1.165) is 25.7 Å². The Morgan fingerprint density at radius 1 is 0.636 bits per heavy atom. The smallest absolute Gasteiger partial charge is 0.0636 e. The van der Waals surface area contributed by atoms with E-state index in [1.54, 1.807) is 0 Å². The zero-order valence-corrected chi connectivity index (χ0v) is 13.4. The van der Waals surface area contributed by atoms with Crippen LogP contribution in [0.25, 0.3) is 0 Å². The number of benzene rings is 2. The van der Waals surface area contributed by atoms with E-state index in [1.807, 2.05) is 0 Å². The van der Waals surface area contributed by atoms with Gasteiger partial charge in [0.1, 0.15) is 0 Å². The Hall–Kier alpha value is -1.64. The van der Waals surface area contributed by atoms with Gasteiger partial charge in [0.15, 0.2) is 0 Å². The molecule has 2 nitrogen and oxygen atoms in total. The molecule has 0 amide bonds. The van der Waals surface area contributed by atoms with Gasteiger partial charge in [0.05, 0.1) is 5.66 Å². The molecule has 118 valence electrons. The summed E-state index contributed by atoms with van der Waals surface area (Å²) in [6.45, 7) is 0. The SMILES string of the molecule is NC1(N)CCCCC1.c1ccc(CCc2ccccc2)cc1. The fourth-order valence-corrected chi connectivity index (χ4v) is 2.79. The van der Waals surface area contributed by atoms with Crippen molar-refractivity contribution in [3.63, 3.8) is 0 Å². The van der Waals surface area contributed by atoms with Crippen molar-refractivity contribution in [3.8, 4) is 0 Å². The second kappa shape index (κ2) is 8.72. The van der Waals surface area contributed by atoms with E-state index in [4.69, 9.17) is 11.5 Å². The van der Waals surface area contributed by atoms with Crippen LogP contribution < -0.4 is 11.5 Å². The molecule has 0 heterocycles. The average molecular weight is 296 g/mol. The summed E-state index contributed by atoms with van der Waals surface area (Å²) in [5.41, 5.74) is 13.8. The van der Waals surface area contributed by atoms with Crippen LogP contribution in [0.4, 0.5) is 0 Å². The maximum Gasteiger partial charge on any atom is 0.0636 e. The Morgan fingerprint density at radius 3 is 1.36 bits per heavy atom. The normalized spacial score (nSPS) is 16.5. The lowest BCUT2D eigenvalue weighted by Gasteiger charge is -2.28. The molecule has 1 saturated carbocycles. The summed E-state index contributed by atoms with van der Waals surface area (Å²) >= 11 is 0. The maximum atomic E-state index is 5.66. The Balaban J connectivity index is 0.000000188. The van der Waals surface area contributed by atoms with Crippen molar-refractivity contribution >= 4 is 0 Å². The third-order valence-corrected chi connectivity index (χ3v) is 4.17. The number of hydrogen-bond acceptors (Lipinski definition) is 2. The van der Waals surface area contributed by atoms with Crippen LogP contribution in [0.3, 0.4) is 0 Å². The van der Waals surface area contributed by atoms with Crippen molar-refractivity contribution in [2.24, 2.45) is 11.5 Å². The van der Waals surface area contributed by atoms with E-state index < -0.39 is 0 Å². The van der Waals surface area contributed by atoms with Crippen LogP contribution in [0.5, 0.6) is 0 Å². The van der Waals surface area contributed by atoms with Gasteiger partial charge in [-0.1, -0.05) is 79.9 Å². The quantitative estimate of drug-likeness (QED) is 0.840. The average Bonchev–Trinajstić information content (AvgIpc) is 2.55. The van der Waals surface area contributed by atoms with Gasteiger partial charge in [-0.25, -0.2) is 0 Å². The lowest BCUT2D eigenvalue weighted by Crippen LogP contribution is -2.50. The summed E-state index contributed by atoms with van der Waals surface area (Å²) in [5.74, 6) is 0. The molecule has 1 aliphatic carbocycles. The summed E-state index contributed by atoms with van der Waals surface area (Å²) in [6.07, 6.45) is 8.02. The van der Waals surface area contributed by atoms with Crippen molar-refractivity contribution in [2.45, 2.75) is 50.6 Å². The summed E-state index contributed by atoms with van der Waals surface area (Å²) in [5, 5.41) is 0. The van der Waals surface area contributed by atoms with Crippen molar-refractivity contribution in [1.82, 2.24) is 0 Å². The molecular weight excluding hydrogens is 268 g/mol. The molecule has 3 rings (SSSR count). The first-order valence-electron chi connectivity index (χ1n) is 8.31. The van der Waals surface area contributed by atoms with Crippen LogP contribution in [0.1, 0.15) is 43.2 Å². The van der Waals surface area contributed by atoms with Crippen LogP contribution >= 0.6 is 0 Å². The van der Waals surface area contributed by atoms with Crippen LogP contribution in [0, 0.1) is 0 Å². The molecule has 0 radical (unpaired) electrons. The van der Waals surface area contributed by atoms with Crippen LogP contribution in [0.15, 0.2) is 60.7 Å². The number of rotatable bonds is 3. The van der Waals surface area contributed by atoms with E-state index in [9.17, 15) is 0 Å². The van der Waals surface area contributed by atoms with Gasteiger partial charge in [-0.2, -0.15) is 0 Å². The summed E-state index contributed by atoms with van der Waals surface area (Å²) in [7, 11) is 0. The Bertz CT molecular complexity index is 472. The lowest BCUT2D eigenvalue weighted by molar-refractivity contribution is 0.306. The minimum absolute atomic E-state index is 0.321. The highest BCUT2D eigenvalue weighted by atomic mass is 14.9. The summed E-state index contributed by atoms with van der Waals surface area (Å²) in [4.78, 5) is 0. The number of aryl methyl sites for hydroxylation is 2. The zero-order chi connectivity index (χ0) is 15.7. The highest BCUT2D eigenvalue weighted by Crippen LogP contribution is 2.20. The van der Waals surface area contributed by atoms with E-state index >= 15 is 0 Å². The number of hydrogen-bond donors (Lipinski definition) is 2. The van der Waals surface area contributed by atoms with Crippen LogP contribution in [-0.4, -0.2) is 5.66 Å². The number of nitrogens with two attached hydrogens (primary N) is 2. The topological polar surface area (TPSA) is 52.0 Å².